The zero-order valence-electron chi connectivity index (χ0n) is 14.0. The Morgan fingerprint density at radius 1 is 1.00 bits per heavy atom. The first kappa shape index (κ1) is 20.2. The molecule has 0 unspecified atom stereocenters. The van der Waals surface area contributed by atoms with E-state index in [4.69, 9.17) is 16.3 Å². The van der Waals surface area contributed by atoms with Crippen LogP contribution in [0.3, 0.4) is 0 Å². The molecule has 1 heterocycles. The standard InChI is InChI=1S/C20H18ClFN2O.ClH/c21-17-6-9-20(25-14-15-4-7-18(22)8-5-15)16(11-17)12-23-13-19-3-1-2-10-24-19;/h1-11,23H,12-14H2;1H. The molecular weight excluding hydrogens is 374 g/mol. The van der Waals surface area contributed by atoms with Crippen molar-refractivity contribution < 1.29 is 9.13 Å². The molecular formula is C20H19Cl2FN2O. The Hall–Kier alpha value is -2.14. The van der Waals surface area contributed by atoms with Gasteiger partial charge in [0.25, 0.3) is 0 Å². The molecule has 3 aromatic rings. The summed E-state index contributed by atoms with van der Waals surface area (Å²) >= 11 is 6.11. The van der Waals surface area contributed by atoms with Crippen molar-refractivity contribution >= 4 is 24.0 Å². The molecule has 0 spiro atoms. The normalized spacial score (nSPS) is 10.2. The summed E-state index contributed by atoms with van der Waals surface area (Å²) in [5.74, 6) is 0.497. The number of rotatable bonds is 7. The van der Waals surface area contributed by atoms with Gasteiger partial charge in [-0.3, -0.25) is 4.98 Å². The summed E-state index contributed by atoms with van der Waals surface area (Å²) < 4.78 is 18.9. The van der Waals surface area contributed by atoms with Crippen molar-refractivity contribution in [3.05, 3.63) is 94.5 Å². The van der Waals surface area contributed by atoms with Gasteiger partial charge in [0.2, 0.25) is 0 Å². The number of hydrogen-bond acceptors (Lipinski definition) is 3. The fourth-order valence-corrected chi connectivity index (χ4v) is 2.59. The molecule has 0 aliphatic heterocycles. The van der Waals surface area contributed by atoms with Crippen LogP contribution in [0.1, 0.15) is 16.8 Å². The fourth-order valence-electron chi connectivity index (χ4n) is 2.40. The van der Waals surface area contributed by atoms with Crippen molar-refractivity contribution in [2.24, 2.45) is 0 Å². The average Bonchev–Trinajstić information content (AvgIpc) is 2.63. The molecule has 0 atom stereocenters. The lowest BCUT2D eigenvalue weighted by atomic mass is 10.2. The zero-order valence-corrected chi connectivity index (χ0v) is 15.6. The zero-order chi connectivity index (χ0) is 17.5. The maximum Gasteiger partial charge on any atom is 0.124 e. The quantitative estimate of drug-likeness (QED) is 0.602. The van der Waals surface area contributed by atoms with Gasteiger partial charge in [0.1, 0.15) is 18.2 Å². The van der Waals surface area contributed by atoms with E-state index in [9.17, 15) is 4.39 Å². The molecule has 0 radical (unpaired) electrons. The molecule has 1 aromatic heterocycles. The van der Waals surface area contributed by atoms with Gasteiger partial charge in [-0.25, -0.2) is 4.39 Å². The second-order valence-corrected chi connectivity index (χ2v) is 6.03. The summed E-state index contributed by atoms with van der Waals surface area (Å²) in [5, 5.41) is 4.00. The van der Waals surface area contributed by atoms with E-state index in [0.717, 1.165) is 22.6 Å². The van der Waals surface area contributed by atoms with Crippen LogP contribution in [0.4, 0.5) is 4.39 Å². The Balaban J connectivity index is 0.00000243. The molecule has 3 nitrogen and oxygen atoms in total. The second-order valence-electron chi connectivity index (χ2n) is 5.59. The number of nitrogens with one attached hydrogen (secondary N) is 1. The van der Waals surface area contributed by atoms with Crippen molar-refractivity contribution in [3.63, 3.8) is 0 Å². The minimum Gasteiger partial charge on any atom is -0.489 e. The van der Waals surface area contributed by atoms with Gasteiger partial charge in [0.15, 0.2) is 0 Å². The van der Waals surface area contributed by atoms with Crippen molar-refractivity contribution in [2.75, 3.05) is 0 Å². The molecule has 1 N–H and O–H groups in total. The van der Waals surface area contributed by atoms with Crippen LogP contribution in [0, 0.1) is 5.82 Å². The first-order valence-corrected chi connectivity index (χ1v) is 8.35. The third-order valence-electron chi connectivity index (χ3n) is 3.68. The second kappa shape index (κ2) is 10.1. The van der Waals surface area contributed by atoms with Gasteiger partial charge in [-0.15, -0.1) is 12.4 Å². The van der Waals surface area contributed by atoms with E-state index in [2.05, 4.69) is 10.3 Å². The molecule has 2 aromatic carbocycles. The highest BCUT2D eigenvalue weighted by Crippen LogP contribution is 2.24. The molecule has 6 heteroatoms. The molecule has 0 aliphatic rings. The van der Waals surface area contributed by atoms with Crippen molar-refractivity contribution in [1.29, 1.82) is 0 Å². The molecule has 3 rings (SSSR count). The lowest BCUT2D eigenvalue weighted by molar-refractivity contribution is 0.302. The lowest BCUT2D eigenvalue weighted by Crippen LogP contribution is -2.14. The summed E-state index contributed by atoms with van der Waals surface area (Å²) in [6.07, 6.45) is 1.77. The van der Waals surface area contributed by atoms with Crippen LogP contribution in [-0.2, 0) is 19.7 Å². The van der Waals surface area contributed by atoms with E-state index in [1.165, 1.54) is 12.1 Å². The number of ether oxygens (including phenoxy) is 1. The van der Waals surface area contributed by atoms with Gasteiger partial charge < -0.3 is 10.1 Å². The summed E-state index contributed by atoms with van der Waals surface area (Å²) in [6, 6.07) is 17.6. The van der Waals surface area contributed by atoms with Crippen LogP contribution in [0.25, 0.3) is 0 Å². The smallest absolute Gasteiger partial charge is 0.124 e. The Morgan fingerprint density at radius 2 is 1.81 bits per heavy atom. The first-order chi connectivity index (χ1) is 12.2. The molecule has 0 saturated carbocycles. The SMILES string of the molecule is Cl.Fc1ccc(COc2ccc(Cl)cc2CNCc2ccccn2)cc1. The molecule has 0 bridgehead atoms. The van der Waals surface area contributed by atoms with Gasteiger partial charge in [-0.1, -0.05) is 29.8 Å². The molecule has 0 saturated heterocycles. The monoisotopic (exact) mass is 392 g/mol. The number of pyridine rings is 1. The minimum atomic E-state index is -0.255. The molecule has 136 valence electrons. The van der Waals surface area contributed by atoms with Gasteiger partial charge in [-0.05, 0) is 48.0 Å². The molecule has 26 heavy (non-hydrogen) atoms. The van der Waals surface area contributed by atoms with Gasteiger partial charge in [0.05, 0.1) is 5.69 Å². The number of hydrogen-bond donors (Lipinski definition) is 1. The molecule has 0 amide bonds. The predicted molar refractivity (Wildman–Crippen MR) is 104 cm³/mol. The van der Waals surface area contributed by atoms with Crippen molar-refractivity contribution in [1.82, 2.24) is 10.3 Å². The fraction of sp³-hybridized carbons (Fsp3) is 0.150. The van der Waals surface area contributed by atoms with E-state index in [1.807, 2.05) is 30.3 Å². The van der Waals surface area contributed by atoms with Crippen LogP contribution in [0.15, 0.2) is 66.9 Å². The third-order valence-corrected chi connectivity index (χ3v) is 3.91. The molecule has 0 fully saturated rings. The topological polar surface area (TPSA) is 34.1 Å². The van der Waals surface area contributed by atoms with E-state index < -0.39 is 0 Å². The Kier molecular flexibility index (Phi) is 7.85. The highest BCUT2D eigenvalue weighted by atomic mass is 35.5. The highest BCUT2D eigenvalue weighted by molar-refractivity contribution is 6.30. The summed E-state index contributed by atoms with van der Waals surface area (Å²) in [4.78, 5) is 4.28. The summed E-state index contributed by atoms with van der Waals surface area (Å²) in [5.41, 5.74) is 2.84. The lowest BCUT2D eigenvalue weighted by Gasteiger charge is -2.13. The Bertz CT molecular complexity index is 814. The predicted octanol–water partition coefficient (Wildman–Crippen LogP) is 5.16. The van der Waals surface area contributed by atoms with E-state index in [0.29, 0.717) is 24.7 Å². The van der Waals surface area contributed by atoms with Crippen molar-refractivity contribution in [3.8, 4) is 5.75 Å². The van der Waals surface area contributed by atoms with Crippen LogP contribution in [0.5, 0.6) is 5.75 Å². The number of nitrogens with zero attached hydrogens (tertiary/aromatic N) is 1. The third kappa shape index (κ3) is 5.99. The summed E-state index contributed by atoms with van der Waals surface area (Å²) in [6.45, 7) is 1.63. The van der Waals surface area contributed by atoms with E-state index in [-0.39, 0.29) is 18.2 Å². The minimum absolute atomic E-state index is 0. The Morgan fingerprint density at radius 3 is 2.54 bits per heavy atom. The van der Waals surface area contributed by atoms with E-state index >= 15 is 0 Å². The Labute approximate surface area is 163 Å². The van der Waals surface area contributed by atoms with Crippen molar-refractivity contribution in [2.45, 2.75) is 19.7 Å². The van der Waals surface area contributed by atoms with Crippen LogP contribution < -0.4 is 10.1 Å². The van der Waals surface area contributed by atoms with Gasteiger partial charge in [-0.2, -0.15) is 0 Å². The van der Waals surface area contributed by atoms with Gasteiger partial charge in [0, 0.05) is 29.9 Å². The van der Waals surface area contributed by atoms with E-state index in [1.54, 1.807) is 24.4 Å². The number of halogens is 3. The van der Waals surface area contributed by atoms with Gasteiger partial charge >= 0.3 is 0 Å². The average molecular weight is 393 g/mol. The maximum atomic E-state index is 13.0. The first-order valence-electron chi connectivity index (χ1n) is 7.97. The van der Waals surface area contributed by atoms with Crippen LogP contribution in [0.2, 0.25) is 5.02 Å². The largest absolute Gasteiger partial charge is 0.489 e. The highest BCUT2D eigenvalue weighted by Gasteiger charge is 2.06. The maximum absolute atomic E-state index is 13.0. The summed E-state index contributed by atoms with van der Waals surface area (Å²) in [7, 11) is 0. The number of aromatic nitrogens is 1. The van der Waals surface area contributed by atoms with Crippen LogP contribution >= 0.6 is 24.0 Å². The number of benzene rings is 2. The van der Waals surface area contributed by atoms with Crippen LogP contribution in [-0.4, -0.2) is 4.98 Å². The molecule has 0 aliphatic carbocycles.